The highest BCUT2D eigenvalue weighted by Gasteiger charge is 2.24. The third kappa shape index (κ3) is 5.20. The normalized spacial score (nSPS) is 11.9. The molecule has 290 valence electrons. The van der Waals surface area contributed by atoms with Crippen LogP contribution in [0.15, 0.2) is 227 Å². The van der Waals surface area contributed by atoms with Gasteiger partial charge in [-0.3, -0.25) is 0 Å². The summed E-state index contributed by atoms with van der Waals surface area (Å²) in [6.07, 6.45) is 0. The number of rotatable bonds is 6. The van der Waals surface area contributed by atoms with Gasteiger partial charge in [0.25, 0.3) is 0 Å². The summed E-state index contributed by atoms with van der Waals surface area (Å²) < 4.78 is 15.6. The van der Waals surface area contributed by atoms with Gasteiger partial charge in [-0.2, -0.15) is 0 Å². The molecule has 62 heavy (non-hydrogen) atoms. The van der Waals surface area contributed by atoms with Gasteiger partial charge in [0.05, 0.1) is 27.8 Å². The molecule has 4 heteroatoms. The van der Waals surface area contributed by atoms with Gasteiger partial charge >= 0.3 is 0 Å². The summed E-state index contributed by atoms with van der Waals surface area (Å²) in [4.78, 5) is 2.41. The number of nitrogens with zero attached hydrogens (tertiary/aromatic N) is 2. The molecule has 0 amide bonds. The van der Waals surface area contributed by atoms with Crippen LogP contribution in [0.5, 0.6) is 0 Å². The predicted molar refractivity (Wildman–Crippen MR) is 258 cm³/mol. The minimum absolute atomic E-state index is 0.846. The van der Waals surface area contributed by atoms with E-state index in [2.05, 4.69) is 216 Å². The first-order valence-electron chi connectivity index (χ1n) is 21.1. The molecule has 0 N–H and O–H groups in total. The lowest BCUT2D eigenvalue weighted by molar-refractivity contribution is 0.669. The van der Waals surface area contributed by atoms with E-state index in [-0.39, 0.29) is 0 Å². The van der Waals surface area contributed by atoms with Crippen molar-refractivity contribution in [1.82, 2.24) is 4.57 Å². The number of benzene rings is 10. The van der Waals surface area contributed by atoms with Crippen molar-refractivity contribution < 1.29 is 8.83 Å². The quantitative estimate of drug-likeness (QED) is 0.168. The Balaban J connectivity index is 1.02. The molecule has 0 radical (unpaired) electrons. The second-order valence-corrected chi connectivity index (χ2v) is 16.0. The van der Waals surface area contributed by atoms with Crippen molar-refractivity contribution in [3.63, 3.8) is 0 Å². The summed E-state index contributed by atoms with van der Waals surface area (Å²) in [6.45, 7) is 0. The van der Waals surface area contributed by atoms with Gasteiger partial charge in [-0.25, -0.2) is 0 Å². The largest absolute Gasteiger partial charge is 0.456 e. The Hall–Kier alpha value is -8.34. The van der Waals surface area contributed by atoms with Gasteiger partial charge in [0.1, 0.15) is 22.3 Å². The fourth-order valence-electron chi connectivity index (χ4n) is 9.84. The third-order valence-electron chi connectivity index (χ3n) is 12.6. The molecule has 0 atom stereocenters. The van der Waals surface area contributed by atoms with Crippen molar-refractivity contribution in [3.05, 3.63) is 218 Å². The summed E-state index contributed by atoms with van der Waals surface area (Å²) in [5.74, 6) is 0. The smallest absolute Gasteiger partial charge is 0.143 e. The van der Waals surface area contributed by atoms with Crippen LogP contribution in [0.25, 0.3) is 104 Å². The molecule has 10 aromatic carbocycles. The van der Waals surface area contributed by atoms with E-state index < -0.39 is 0 Å². The Bertz CT molecular complexity index is 3870. The van der Waals surface area contributed by atoms with Gasteiger partial charge < -0.3 is 18.3 Å². The highest BCUT2D eigenvalue weighted by Crippen LogP contribution is 2.49. The van der Waals surface area contributed by atoms with Crippen LogP contribution in [0.3, 0.4) is 0 Å². The zero-order chi connectivity index (χ0) is 40.7. The van der Waals surface area contributed by atoms with Crippen molar-refractivity contribution in [2.24, 2.45) is 0 Å². The van der Waals surface area contributed by atoms with Crippen LogP contribution in [0.2, 0.25) is 0 Å². The first-order chi connectivity index (χ1) is 30.8. The predicted octanol–water partition coefficient (Wildman–Crippen LogP) is 16.5. The first kappa shape index (κ1) is 34.5. The van der Waals surface area contributed by atoms with Crippen LogP contribution >= 0.6 is 0 Å². The molecule has 13 aromatic rings. The number of aromatic nitrogens is 1. The van der Waals surface area contributed by atoms with Crippen molar-refractivity contribution >= 4 is 93.5 Å². The lowest BCUT2D eigenvalue weighted by Crippen LogP contribution is -2.11. The van der Waals surface area contributed by atoms with E-state index in [0.29, 0.717) is 0 Å². The number of hydrogen-bond acceptors (Lipinski definition) is 3. The zero-order valence-electron chi connectivity index (χ0n) is 33.5. The van der Waals surface area contributed by atoms with E-state index in [4.69, 9.17) is 8.83 Å². The molecule has 3 aromatic heterocycles. The van der Waals surface area contributed by atoms with Gasteiger partial charge in [-0.1, -0.05) is 140 Å². The fraction of sp³-hybridized carbons (Fsp3) is 0. The number of furan rings is 2. The summed E-state index contributed by atoms with van der Waals surface area (Å²) in [6, 6.07) is 77.9. The minimum atomic E-state index is 0.846. The van der Waals surface area contributed by atoms with Crippen LogP contribution in [-0.2, 0) is 0 Å². The lowest BCUT2D eigenvalue weighted by Gasteiger charge is -2.29. The van der Waals surface area contributed by atoms with Crippen LogP contribution in [0.1, 0.15) is 0 Å². The van der Waals surface area contributed by atoms with E-state index in [1.807, 2.05) is 12.1 Å². The summed E-state index contributed by atoms with van der Waals surface area (Å²) in [7, 11) is 0. The van der Waals surface area contributed by atoms with Crippen LogP contribution < -0.4 is 4.90 Å². The Morgan fingerprint density at radius 2 is 1.00 bits per heavy atom. The van der Waals surface area contributed by atoms with Gasteiger partial charge in [0.2, 0.25) is 0 Å². The Morgan fingerprint density at radius 1 is 0.355 bits per heavy atom. The molecule has 3 heterocycles. The Morgan fingerprint density at radius 3 is 1.89 bits per heavy atom. The maximum Gasteiger partial charge on any atom is 0.143 e. The van der Waals surface area contributed by atoms with Crippen LogP contribution in [0.4, 0.5) is 17.1 Å². The lowest BCUT2D eigenvalue weighted by atomic mass is 9.96. The van der Waals surface area contributed by atoms with Gasteiger partial charge in [-0.15, -0.1) is 0 Å². The molecule has 0 aliphatic rings. The van der Waals surface area contributed by atoms with E-state index in [1.54, 1.807) is 0 Å². The van der Waals surface area contributed by atoms with E-state index >= 15 is 0 Å². The van der Waals surface area contributed by atoms with Gasteiger partial charge in [0, 0.05) is 49.3 Å². The van der Waals surface area contributed by atoms with Crippen molar-refractivity contribution in [1.29, 1.82) is 0 Å². The SMILES string of the molecule is c1ccc(-n2c3ccccc3c3cc(-c4ccc(N(c5ccccc5-c5cccc6oc7ccccc7c56)c5cccc6oc7c8ccccc8ccc7c56)cc4)ccc32)cc1. The summed E-state index contributed by atoms with van der Waals surface area (Å²) in [5.41, 5.74) is 14.7. The van der Waals surface area contributed by atoms with Crippen molar-refractivity contribution in [3.8, 4) is 27.9 Å². The molecule has 0 fully saturated rings. The molecule has 0 saturated carbocycles. The number of fused-ring (bicyclic) bond motifs is 11. The molecule has 13 rings (SSSR count). The third-order valence-corrected chi connectivity index (χ3v) is 12.6. The van der Waals surface area contributed by atoms with Crippen molar-refractivity contribution in [2.75, 3.05) is 4.90 Å². The maximum atomic E-state index is 6.77. The molecule has 0 bridgehead atoms. The highest BCUT2D eigenvalue weighted by atomic mass is 16.3. The zero-order valence-corrected chi connectivity index (χ0v) is 33.5. The summed E-state index contributed by atoms with van der Waals surface area (Å²) in [5, 5.41) is 9.08. The van der Waals surface area contributed by atoms with Crippen LogP contribution in [-0.4, -0.2) is 4.57 Å². The van der Waals surface area contributed by atoms with E-state index in [1.165, 1.54) is 27.4 Å². The molecule has 0 spiro atoms. The number of hydrogen-bond donors (Lipinski definition) is 0. The molecular weight excluding hydrogens is 757 g/mol. The van der Waals surface area contributed by atoms with Gasteiger partial charge in [0.15, 0.2) is 0 Å². The Labute approximate surface area is 356 Å². The fourth-order valence-corrected chi connectivity index (χ4v) is 9.84. The summed E-state index contributed by atoms with van der Waals surface area (Å²) >= 11 is 0. The molecule has 0 aliphatic carbocycles. The molecule has 0 aliphatic heterocycles. The standard InChI is InChI=1S/C58H36N2O2/c1-2-15-40(16-3-1)59-50-23-10-7-19-44(50)48-36-39(31-35-51(48)59)37-28-32-41(33-29-37)60(52-24-13-27-55-57(52)47-34-30-38-14-4-5-17-42(38)58(47)62-55)49-22-9-6-18-43(49)45-21-12-26-54-56(45)46-20-8-11-25-53(46)61-54/h1-36H. The molecule has 0 saturated heterocycles. The maximum absolute atomic E-state index is 6.77. The van der Waals surface area contributed by atoms with E-state index in [0.717, 1.165) is 94.1 Å². The second-order valence-electron chi connectivity index (χ2n) is 16.0. The van der Waals surface area contributed by atoms with Gasteiger partial charge in [-0.05, 0) is 101 Å². The average molecular weight is 793 g/mol. The topological polar surface area (TPSA) is 34.5 Å². The average Bonchev–Trinajstić information content (AvgIpc) is 4.02. The molecular formula is C58H36N2O2. The molecule has 4 nitrogen and oxygen atoms in total. The second kappa shape index (κ2) is 13.6. The number of anilines is 3. The monoisotopic (exact) mass is 792 g/mol. The highest BCUT2D eigenvalue weighted by molar-refractivity contribution is 6.20. The first-order valence-corrected chi connectivity index (χ1v) is 21.1. The number of para-hydroxylation sites is 4. The molecule has 0 unspecified atom stereocenters. The van der Waals surface area contributed by atoms with Crippen LogP contribution in [0, 0.1) is 0 Å². The van der Waals surface area contributed by atoms with Crippen molar-refractivity contribution in [2.45, 2.75) is 0 Å². The Kier molecular flexibility index (Phi) is 7.57. The minimum Gasteiger partial charge on any atom is -0.456 e. The van der Waals surface area contributed by atoms with E-state index in [9.17, 15) is 0 Å².